The van der Waals surface area contributed by atoms with Crippen molar-refractivity contribution in [2.45, 2.75) is 39.7 Å². The van der Waals surface area contributed by atoms with Gasteiger partial charge in [0.15, 0.2) is 0 Å². The zero-order valence-electron chi connectivity index (χ0n) is 11.9. The topological polar surface area (TPSA) is 85.1 Å². The number of nitrogens with two attached hydrogens (primary N) is 1. The van der Waals surface area contributed by atoms with Crippen molar-refractivity contribution in [3.8, 4) is 0 Å². The number of nitrogen functional groups attached to an aromatic ring is 1. The standard InChI is InChI=1S/C13H23N5O/c1-4-11-16-12(8(2)13(17-11)18-14)15-7-10-5-6-19-9(10)3/h9-10H,4-7,14H2,1-3H3,(H2,15,16,17,18). The van der Waals surface area contributed by atoms with Crippen LogP contribution in [0.1, 0.15) is 31.7 Å². The molecule has 2 atom stereocenters. The fraction of sp³-hybridized carbons (Fsp3) is 0.692. The second-order valence-corrected chi connectivity index (χ2v) is 4.97. The SMILES string of the molecule is CCc1nc(NN)c(C)c(NCC2CCOC2C)n1. The first-order valence-electron chi connectivity index (χ1n) is 6.85. The largest absolute Gasteiger partial charge is 0.378 e. The minimum absolute atomic E-state index is 0.312. The first-order valence-corrected chi connectivity index (χ1v) is 6.85. The van der Waals surface area contributed by atoms with Crippen LogP contribution in [0.15, 0.2) is 0 Å². The van der Waals surface area contributed by atoms with E-state index in [1.807, 2.05) is 13.8 Å². The van der Waals surface area contributed by atoms with Gasteiger partial charge in [-0.25, -0.2) is 15.8 Å². The van der Waals surface area contributed by atoms with Crippen LogP contribution in [0.25, 0.3) is 0 Å². The van der Waals surface area contributed by atoms with Crippen LogP contribution in [0.2, 0.25) is 0 Å². The molecule has 0 aromatic carbocycles. The van der Waals surface area contributed by atoms with Crippen molar-refractivity contribution in [1.82, 2.24) is 9.97 Å². The predicted octanol–water partition coefficient (Wildman–Crippen LogP) is 1.47. The number of nitrogens with one attached hydrogen (secondary N) is 2. The van der Waals surface area contributed by atoms with E-state index in [-0.39, 0.29) is 0 Å². The van der Waals surface area contributed by atoms with Gasteiger partial charge in [0.25, 0.3) is 0 Å². The lowest BCUT2D eigenvalue weighted by Gasteiger charge is -2.17. The molecule has 0 amide bonds. The van der Waals surface area contributed by atoms with Crippen LogP contribution in [-0.4, -0.2) is 29.2 Å². The van der Waals surface area contributed by atoms with Gasteiger partial charge in [-0.3, -0.25) is 0 Å². The molecule has 2 rings (SSSR count). The van der Waals surface area contributed by atoms with E-state index >= 15 is 0 Å². The molecule has 1 fully saturated rings. The molecule has 2 unspecified atom stereocenters. The van der Waals surface area contributed by atoms with Crippen molar-refractivity contribution in [1.29, 1.82) is 0 Å². The van der Waals surface area contributed by atoms with Gasteiger partial charge in [0.1, 0.15) is 17.5 Å². The smallest absolute Gasteiger partial charge is 0.148 e. The summed E-state index contributed by atoms with van der Waals surface area (Å²) in [6.45, 7) is 7.84. The maximum atomic E-state index is 5.57. The molecule has 1 saturated heterocycles. The lowest BCUT2D eigenvalue weighted by molar-refractivity contribution is 0.108. The molecule has 1 aromatic heterocycles. The maximum absolute atomic E-state index is 5.57. The summed E-state index contributed by atoms with van der Waals surface area (Å²) in [5.74, 6) is 8.37. The number of aromatic nitrogens is 2. The molecule has 2 heterocycles. The summed E-state index contributed by atoms with van der Waals surface area (Å²) in [5.41, 5.74) is 3.58. The van der Waals surface area contributed by atoms with Gasteiger partial charge in [-0.15, -0.1) is 0 Å². The first-order chi connectivity index (χ1) is 9.15. The van der Waals surface area contributed by atoms with E-state index < -0.39 is 0 Å². The highest BCUT2D eigenvalue weighted by Gasteiger charge is 2.24. The molecule has 0 saturated carbocycles. The van der Waals surface area contributed by atoms with Crippen molar-refractivity contribution < 1.29 is 4.74 Å². The highest BCUT2D eigenvalue weighted by Crippen LogP contribution is 2.23. The van der Waals surface area contributed by atoms with Gasteiger partial charge in [-0.2, -0.15) is 0 Å². The van der Waals surface area contributed by atoms with Crippen molar-refractivity contribution >= 4 is 11.6 Å². The van der Waals surface area contributed by atoms with Gasteiger partial charge in [-0.05, 0) is 20.3 Å². The molecule has 106 valence electrons. The monoisotopic (exact) mass is 265 g/mol. The lowest BCUT2D eigenvalue weighted by atomic mass is 10.0. The number of nitrogens with zero attached hydrogens (tertiary/aromatic N) is 2. The second-order valence-electron chi connectivity index (χ2n) is 4.97. The summed E-state index contributed by atoms with van der Waals surface area (Å²) in [6.07, 6.45) is 2.19. The van der Waals surface area contributed by atoms with Crippen molar-refractivity contribution in [2.24, 2.45) is 11.8 Å². The van der Waals surface area contributed by atoms with E-state index in [0.29, 0.717) is 17.8 Å². The summed E-state index contributed by atoms with van der Waals surface area (Å²) >= 11 is 0. The second kappa shape index (κ2) is 6.16. The minimum Gasteiger partial charge on any atom is -0.378 e. The molecule has 6 nitrogen and oxygen atoms in total. The number of hydrogen-bond donors (Lipinski definition) is 3. The predicted molar refractivity (Wildman–Crippen MR) is 76.0 cm³/mol. The third-order valence-electron chi connectivity index (χ3n) is 3.71. The van der Waals surface area contributed by atoms with Crippen LogP contribution < -0.4 is 16.6 Å². The van der Waals surface area contributed by atoms with Gasteiger partial charge in [0, 0.05) is 31.1 Å². The molecule has 6 heteroatoms. The fourth-order valence-corrected chi connectivity index (χ4v) is 2.31. The van der Waals surface area contributed by atoms with Crippen LogP contribution >= 0.6 is 0 Å². The molecule has 1 aliphatic heterocycles. The van der Waals surface area contributed by atoms with Crippen molar-refractivity contribution in [3.63, 3.8) is 0 Å². The summed E-state index contributed by atoms with van der Waals surface area (Å²) < 4.78 is 5.57. The Morgan fingerprint density at radius 3 is 2.68 bits per heavy atom. The zero-order valence-corrected chi connectivity index (χ0v) is 11.9. The highest BCUT2D eigenvalue weighted by atomic mass is 16.5. The van der Waals surface area contributed by atoms with Crippen LogP contribution in [0.4, 0.5) is 11.6 Å². The number of hydrazine groups is 1. The number of rotatable bonds is 5. The van der Waals surface area contributed by atoms with E-state index in [4.69, 9.17) is 10.6 Å². The Kier molecular flexibility index (Phi) is 4.55. The summed E-state index contributed by atoms with van der Waals surface area (Å²) in [7, 11) is 0. The van der Waals surface area contributed by atoms with Gasteiger partial charge in [0.2, 0.25) is 0 Å². The first kappa shape index (κ1) is 14.0. The van der Waals surface area contributed by atoms with Crippen LogP contribution in [-0.2, 0) is 11.2 Å². The summed E-state index contributed by atoms with van der Waals surface area (Å²) in [6, 6.07) is 0. The number of anilines is 2. The Morgan fingerprint density at radius 2 is 2.11 bits per heavy atom. The van der Waals surface area contributed by atoms with E-state index in [1.54, 1.807) is 0 Å². The Bertz CT molecular complexity index is 437. The van der Waals surface area contributed by atoms with Crippen LogP contribution in [0, 0.1) is 12.8 Å². The third kappa shape index (κ3) is 3.13. The Balaban J connectivity index is 2.10. The Labute approximate surface area is 114 Å². The van der Waals surface area contributed by atoms with E-state index in [2.05, 4.69) is 27.6 Å². The van der Waals surface area contributed by atoms with E-state index in [9.17, 15) is 0 Å². The quantitative estimate of drug-likeness (QED) is 0.552. The molecule has 19 heavy (non-hydrogen) atoms. The minimum atomic E-state index is 0.312. The van der Waals surface area contributed by atoms with E-state index in [1.165, 1.54) is 0 Å². The molecular formula is C13H23N5O. The zero-order chi connectivity index (χ0) is 13.8. The van der Waals surface area contributed by atoms with E-state index in [0.717, 1.165) is 43.2 Å². The van der Waals surface area contributed by atoms with Gasteiger partial charge >= 0.3 is 0 Å². The summed E-state index contributed by atoms with van der Waals surface area (Å²) in [5, 5.41) is 3.41. The number of ether oxygens (including phenoxy) is 1. The average Bonchev–Trinajstić information content (AvgIpc) is 2.83. The Morgan fingerprint density at radius 1 is 1.37 bits per heavy atom. The lowest BCUT2D eigenvalue weighted by Crippen LogP contribution is -2.22. The van der Waals surface area contributed by atoms with Gasteiger partial charge in [0.05, 0.1) is 6.10 Å². The van der Waals surface area contributed by atoms with Crippen LogP contribution in [0.5, 0.6) is 0 Å². The molecule has 0 bridgehead atoms. The average molecular weight is 265 g/mol. The molecule has 0 radical (unpaired) electrons. The maximum Gasteiger partial charge on any atom is 0.148 e. The molecule has 0 aliphatic carbocycles. The highest BCUT2D eigenvalue weighted by molar-refractivity contribution is 5.56. The van der Waals surface area contributed by atoms with Crippen molar-refractivity contribution in [3.05, 3.63) is 11.4 Å². The molecule has 4 N–H and O–H groups in total. The third-order valence-corrected chi connectivity index (χ3v) is 3.71. The molecular weight excluding hydrogens is 242 g/mol. The molecule has 0 spiro atoms. The fourth-order valence-electron chi connectivity index (χ4n) is 2.31. The van der Waals surface area contributed by atoms with Gasteiger partial charge in [-0.1, -0.05) is 6.92 Å². The van der Waals surface area contributed by atoms with Crippen molar-refractivity contribution in [2.75, 3.05) is 23.9 Å². The molecule has 1 aliphatic rings. The van der Waals surface area contributed by atoms with Gasteiger partial charge < -0.3 is 15.5 Å². The Hall–Kier alpha value is -1.40. The normalized spacial score (nSPS) is 22.5. The number of hydrogen-bond acceptors (Lipinski definition) is 6. The van der Waals surface area contributed by atoms with Crippen LogP contribution in [0.3, 0.4) is 0 Å². The number of aryl methyl sites for hydroxylation is 1. The molecule has 1 aromatic rings. The summed E-state index contributed by atoms with van der Waals surface area (Å²) in [4.78, 5) is 8.88.